The Morgan fingerprint density at radius 3 is 2.63 bits per heavy atom. The number of thiol groups is 1. The van der Waals surface area contributed by atoms with Crippen LogP contribution in [0.5, 0.6) is 0 Å². The average Bonchev–Trinajstić information content (AvgIpc) is 2.62. The maximum Gasteiger partial charge on any atom is 0.332 e. The molecule has 0 aliphatic rings. The van der Waals surface area contributed by atoms with Gasteiger partial charge in [-0.25, -0.2) is 18.6 Å². The van der Waals surface area contributed by atoms with Gasteiger partial charge in [0, 0.05) is 41.8 Å². The summed E-state index contributed by atoms with van der Waals surface area (Å²) in [6.45, 7) is 1.22. The van der Waals surface area contributed by atoms with Gasteiger partial charge < -0.3 is 5.32 Å². The summed E-state index contributed by atoms with van der Waals surface area (Å²) in [5, 5.41) is 4.98. The minimum absolute atomic E-state index is 0.0388. The molecule has 27 heavy (non-hydrogen) atoms. The Labute approximate surface area is 169 Å². The van der Waals surface area contributed by atoms with Crippen molar-refractivity contribution in [1.82, 2.24) is 14.6 Å². The average molecular weight is 459 g/mol. The third kappa shape index (κ3) is 6.17. The van der Waals surface area contributed by atoms with Gasteiger partial charge in [0.1, 0.15) is 17.5 Å². The van der Waals surface area contributed by atoms with Gasteiger partial charge in [-0.15, -0.1) is 0 Å². The highest BCUT2D eigenvalue weighted by atomic mass is 79.9. The molecular weight excluding hydrogens is 442 g/mol. The third-order valence-corrected chi connectivity index (χ3v) is 4.41. The zero-order valence-corrected chi connectivity index (χ0v) is 16.8. The Bertz CT molecular complexity index is 836. The molecule has 0 saturated carbocycles. The molecule has 3 amide bonds. The summed E-state index contributed by atoms with van der Waals surface area (Å²) < 4.78 is 30.2. The standard InChI is InChI=1S/C17H17BrF2N4O2S/c1-10(25)21-8-11-2-4-14(19)13(16(11)20)6-7-24(27)17(26)23-15-5-3-12(18)9-22-15/h2-5,9,27H,6-8H2,1H3,(H,21,25)(H,22,23,26). The monoisotopic (exact) mass is 458 g/mol. The highest BCUT2D eigenvalue weighted by Crippen LogP contribution is 2.19. The van der Waals surface area contributed by atoms with E-state index < -0.39 is 17.7 Å². The van der Waals surface area contributed by atoms with Crippen molar-refractivity contribution < 1.29 is 18.4 Å². The number of anilines is 1. The van der Waals surface area contributed by atoms with Gasteiger partial charge in [-0.3, -0.25) is 14.4 Å². The lowest BCUT2D eigenvalue weighted by Gasteiger charge is -2.17. The van der Waals surface area contributed by atoms with Gasteiger partial charge in [0.25, 0.3) is 0 Å². The summed E-state index contributed by atoms with van der Waals surface area (Å²) in [7, 11) is 0. The molecule has 0 radical (unpaired) electrons. The largest absolute Gasteiger partial charge is 0.352 e. The minimum Gasteiger partial charge on any atom is -0.352 e. The van der Waals surface area contributed by atoms with E-state index in [2.05, 4.69) is 44.4 Å². The van der Waals surface area contributed by atoms with Gasteiger partial charge in [-0.1, -0.05) is 18.9 Å². The second-order valence-electron chi connectivity index (χ2n) is 5.57. The Balaban J connectivity index is 2.00. The van der Waals surface area contributed by atoms with Crippen LogP contribution in [0.25, 0.3) is 0 Å². The van der Waals surface area contributed by atoms with Gasteiger partial charge in [0.2, 0.25) is 5.91 Å². The van der Waals surface area contributed by atoms with Gasteiger partial charge in [0.15, 0.2) is 0 Å². The number of nitrogens with one attached hydrogen (secondary N) is 2. The maximum atomic E-state index is 14.5. The van der Waals surface area contributed by atoms with Crippen molar-refractivity contribution in [1.29, 1.82) is 0 Å². The van der Waals surface area contributed by atoms with Crippen LogP contribution < -0.4 is 10.6 Å². The van der Waals surface area contributed by atoms with Crippen LogP contribution in [0.3, 0.4) is 0 Å². The molecule has 2 rings (SSSR count). The van der Waals surface area contributed by atoms with E-state index in [9.17, 15) is 18.4 Å². The van der Waals surface area contributed by atoms with E-state index in [1.165, 1.54) is 19.2 Å². The molecule has 1 heterocycles. The zero-order chi connectivity index (χ0) is 20.0. The number of amides is 3. The first kappa shape index (κ1) is 21.1. The van der Waals surface area contributed by atoms with Crippen LogP contribution in [0.2, 0.25) is 0 Å². The number of hydrogen-bond acceptors (Lipinski definition) is 4. The van der Waals surface area contributed by atoms with E-state index in [-0.39, 0.29) is 36.5 Å². The summed E-state index contributed by atoms with van der Waals surface area (Å²) in [4.78, 5) is 27.0. The van der Waals surface area contributed by atoms with E-state index in [0.29, 0.717) is 5.82 Å². The number of hydrogen-bond donors (Lipinski definition) is 3. The predicted octanol–water partition coefficient (Wildman–Crippen LogP) is 3.68. The molecule has 144 valence electrons. The number of rotatable bonds is 6. The van der Waals surface area contributed by atoms with Crippen molar-refractivity contribution in [3.05, 3.63) is 57.7 Å². The van der Waals surface area contributed by atoms with E-state index >= 15 is 0 Å². The maximum absolute atomic E-state index is 14.5. The van der Waals surface area contributed by atoms with E-state index in [4.69, 9.17) is 0 Å². The molecule has 0 fully saturated rings. The fraction of sp³-hybridized carbons (Fsp3) is 0.235. The van der Waals surface area contributed by atoms with E-state index in [1.54, 1.807) is 12.1 Å². The lowest BCUT2D eigenvalue weighted by atomic mass is 10.1. The van der Waals surface area contributed by atoms with Crippen LogP contribution in [0.1, 0.15) is 18.1 Å². The number of halogens is 3. The van der Waals surface area contributed by atoms with Gasteiger partial charge in [-0.05, 0) is 40.5 Å². The van der Waals surface area contributed by atoms with Crippen molar-refractivity contribution in [2.75, 3.05) is 11.9 Å². The Kier molecular flexibility index (Phi) is 7.55. The minimum atomic E-state index is -0.750. The number of aromatic nitrogens is 1. The van der Waals surface area contributed by atoms with Crippen LogP contribution in [0.15, 0.2) is 34.9 Å². The molecular formula is C17H17BrF2N4O2S. The van der Waals surface area contributed by atoms with Gasteiger partial charge in [0.05, 0.1) is 0 Å². The number of urea groups is 1. The second kappa shape index (κ2) is 9.65. The summed E-state index contributed by atoms with van der Waals surface area (Å²) in [5.74, 6) is -1.48. The fourth-order valence-electron chi connectivity index (χ4n) is 2.17. The zero-order valence-electron chi connectivity index (χ0n) is 14.3. The summed E-state index contributed by atoms with van der Waals surface area (Å²) in [5.41, 5.74) is -0.0118. The lowest BCUT2D eigenvalue weighted by Crippen LogP contribution is -2.29. The molecule has 1 aromatic heterocycles. The molecule has 0 bridgehead atoms. The van der Waals surface area contributed by atoms with Crippen LogP contribution >= 0.6 is 28.7 Å². The normalized spacial score (nSPS) is 10.4. The first-order valence-electron chi connectivity index (χ1n) is 7.87. The second-order valence-corrected chi connectivity index (χ2v) is 6.97. The summed E-state index contributed by atoms with van der Waals surface area (Å²) >= 11 is 7.29. The fourth-order valence-corrected chi connectivity index (χ4v) is 2.56. The van der Waals surface area contributed by atoms with Crippen LogP contribution in [0.4, 0.5) is 19.4 Å². The first-order valence-corrected chi connectivity index (χ1v) is 9.06. The molecule has 2 aromatic rings. The molecule has 1 aromatic carbocycles. The Hall–Kier alpha value is -2.20. The van der Waals surface area contributed by atoms with Crippen molar-refractivity contribution >= 4 is 46.5 Å². The van der Waals surface area contributed by atoms with E-state index in [0.717, 1.165) is 14.8 Å². The summed E-state index contributed by atoms with van der Waals surface area (Å²) in [6, 6.07) is 5.12. The number of carbonyl (C=O) groups excluding carboxylic acids is 2. The molecule has 0 spiro atoms. The summed E-state index contributed by atoms with van der Waals surface area (Å²) in [6.07, 6.45) is 1.43. The molecule has 0 atom stereocenters. The number of benzene rings is 1. The predicted molar refractivity (Wildman–Crippen MR) is 104 cm³/mol. The first-order chi connectivity index (χ1) is 12.8. The highest BCUT2D eigenvalue weighted by molar-refractivity contribution is 9.10. The third-order valence-electron chi connectivity index (χ3n) is 3.56. The van der Waals surface area contributed by atoms with Crippen LogP contribution in [0, 0.1) is 11.6 Å². The quantitative estimate of drug-likeness (QED) is 0.578. The number of pyridine rings is 1. The number of carbonyl (C=O) groups is 2. The van der Waals surface area contributed by atoms with Crippen LogP contribution in [-0.4, -0.2) is 27.8 Å². The molecule has 0 aliphatic heterocycles. The Morgan fingerprint density at radius 1 is 1.26 bits per heavy atom. The molecule has 2 N–H and O–H groups in total. The molecule has 0 aliphatic carbocycles. The smallest absolute Gasteiger partial charge is 0.332 e. The molecule has 0 unspecified atom stereocenters. The lowest BCUT2D eigenvalue weighted by molar-refractivity contribution is -0.119. The van der Waals surface area contributed by atoms with Crippen LogP contribution in [-0.2, 0) is 17.8 Å². The van der Waals surface area contributed by atoms with Crippen molar-refractivity contribution in [2.24, 2.45) is 0 Å². The van der Waals surface area contributed by atoms with E-state index in [1.807, 2.05) is 0 Å². The molecule has 0 saturated heterocycles. The molecule has 10 heteroatoms. The molecule has 6 nitrogen and oxygen atoms in total. The van der Waals surface area contributed by atoms with Gasteiger partial charge in [-0.2, -0.15) is 0 Å². The van der Waals surface area contributed by atoms with Crippen molar-refractivity contribution in [2.45, 2.75) is 19.9 Å². The SMILES string of the molecule is CC(=O)NCc1ccc(F)c(CCN(S)C(=O)Nc2ccc(Br)cn2)c1F. The highest BCUT2D eigenvalue weighted by Gasteiger charge is 2.17. The van der Waals surface area contributed by atoms with Crippen molar-refractivity contribution in [3.63, 3.8) is 0 Å². The van der Waals surface area contributed by atoms with Gasteiger partial charge >= 0.3 is 6.03 Å². The topological polar surface area (TPSA) is 74.3 Å². The Morgan fingerprint density at radius 2 is 2.00 bits per heavy atom. The van der Waals surface area contributed by atoms with Crippen molar-refractivity contribution in [3.8, 4) is 0 Å². The number of nitrogens with zero attached hydrogens (tertiary/aromatic N) is 2.